The number of carbonyl (C=O) groups excluding carboxylic acids is 1. The lowest BCUT2D eigenvalue weighted by Gasteiger charge is -2.13. The predicted molar refractivity (Wildman–Crippen MR) is 87.2 cm³/mol. The number of nitrogens with zero attached hydrogens (tertiary/aromatic N) is 3. The van der Waals surface area contributed by atoms with Gasteiger partial charge in [-0.2, -0.15) is 5.10 Å². The SMILES string of the molecule is C[C@H](NC(=O)c1n[nH]c2c1CCC2)c1nc2ccccc2n1C. The Morgan fingerprint density at radius 3 is 3.00 bits per heavy atom. The van der Waals surface area contributed by atoms with E-state index in [1.54, 1.807) is 0 Å². The molecule has 118 valence electrons. The number of fused-ring (bicyclic) bond motifs is 2. The largest absolute Gasteiger partial charge is 0.341 e. The van der Waals surface area contributed by atoms with Crippen LogP contribution >= 0.6 is 0 Å². The van der Waals surface area contributed by atoms with Crippen molar-refractivity contribution in [1.82, 2.24) is 25.1 Å². The van der Waals surface area contributed by atoms with E-state index >= 15 is 0 Å². The molecule has 0 saturated carbocycles. The number of imidazole rings is 1. The fourth-order valence-corrected chi connectivity index (χ4v) is 3.39. The van der Waals surface area contributed by atoms with E-state index in [0.29, 0.717) is 5.69 Å². The Kier molecular flexibility index (Phi) is 3.18. The summed E-state index contributed by atoms with van der Waals surface area (Å²) in [7, 11) is 1.97. The highest BCUT2D eigenvalue weighted by molar-refractivity contribution is 5.94. The number of nitrogens with one attached hydrogen (secondary N) is 2. The second kappa shape index (κ2) is 5.22. The third-order valence-corrected chi connectivity index (χ3v) is 4.58. The number of H-pyrrole nitrogens is 1. The average molecular weight is 309 g/mol. The molecule has 0 bridgehead atoms. The highest BCUT2D eigenvalue weighted by atomic mass is 16.2. The molecule has 2 heterocycles. The van der Waals surface area contributed by atoms with E-state index in [0.717, 1.165) is 47.4 Å². The molecule has 0 saturated heterocycles. The zero-order chi connectivity index (χ0) is 16.0. The molecule has 1 atom stereocenters. The Balaban J connectivity index is 1.60. The number of benzene rings is 1. The zero-order valence-electron chi connectivity index (χ0n) is 13.3. The van der Waals surface area contributed by atoms with Crippen LogP contribution < -0.4 is 5.32 Å². The van der Waals surface area contributed by atoms with Gasteiger partial charge in [0.25, 0.3) is 5.91 Å². The quantitative estimate of drug-likeness (QED) is 0.779. The molecule has 0 radical (unpaired) electrons. The van der Waals surface area contributed by atoms with Gasteiger partial charge in [0, 0.05) is 18.3 Å². The summed E-state index contributed by atoms with van der Waals surface area (Å²) in [5.74, 6) is 0.704. The molecule has 2 aromatic heterocycles. The standard InChI is InChI=1S/C17H19N5O/c1-10(16-19-13-7-3-4-9-14(13)22(16)2)18-17(23)15-11-6-5-8-12(11)20-21-15/h3-4,7,9-10H,5-6,8H2,1-2H3,(H,18,23)(H,20,21)/t10-/m0/s1. The summed E-state index contributed by atoms with van der Waals surface area (Å²) in [5, 5.41) is 10.2. The minimum Gasteiger partial charge on any atom is -0.341 e. The smallest absolute Gasteiger partial charge is 0.272 e. The topological polar surface area (TPSA) is 75.6 Å². The molecule has 0 aliphatic heterocycles. The second-order valence-corrected chi connectivity index (χ2v) is 6.10. The molecular formula is C17H19N5O. The number of rotatable bonds is 3. The van der Waals surface area contributed by atoms with E-state index in [1.807, 2.05) is 42.8 Å². The summed E-state index contributed by atoms with van der Waals surface area (Å²) in [6.45, 7) is 1.95. The molecule has 0 fully saturated rings. The number of hydrogen-bond acceptors (Lipinski definition) is 3. The van der Waals surface area contributed by atoms with Crippen LogP contribution in [0.25, 0.3) is 11.0 Å². The normalized spacial score (nSPS) is 14.9. The Bertz CT molecular complexity index is 892. The minimum absolute atomic E-state index is 0.135. The van der Waals surface area contributed by atoms with E-state index < -0.39 is 0 Å². The molecule has 4 rings (SSSR count). The van der Waals surface area contributed by atoms with Crippen LogP contribution in [0.1, 0.15) is 47.0 Å². The first-order chi connectivity index (χ1) is 11.1. The molecule has 2 N–H and O–H groups in total. The van der Waals surface area contributed by atoms with Crippen LogP contribution in [0.4, 0.5) is 0 Å². The van der Waals surface area contributed by atoms with Crippen molar-refractivity contribution in [3.05, 3.63) is 47.0 Å². The minimum atomic E-state index is -0.186. The van der Waals surface area contributed by atoms with E-state index in [-0.39, 0.29) is 11.9 Å². The van der Waals surface area contributed by atoms with E-state index in [4.69, 9.17) is 0 Å². The Morgan fingerprint density at radius 1 is 1.35 bits per heavy atom. The van der Waals surface area contributed by atoms with Crippen LogP contribution in [0, 0.1) is 0 Å². The third kappa shape index (κ3) is 2.21. The first kappa shape index (κ1) is 14.0. The maximum absolute atomic E-state index is 12.5. The van der Waals surface area contributed by atoms with Crippen molar-refractivity contribution in [3.8, 4) is 0 Å². The molecule has 0 spiro atoms. The van der Waals surface area contributed by atoms with E-state index in [2.05, 4.69) is 20.5 Å². The molecule has 1 aromatic carbocycles. The number of carbonyl (C=O) groups is 1. The Morgan fingerprint density at radius 2 is 2.17 bits per heavy atom. The van der Waals surface area contributed by atoms with Gasteiger partial charge in [-0.3, -0.25) is 9.89 Å². The van der Waals surface area contributed by atoms with E-state index in [1.165, 1.54) is 0 Å². The maximum atomic E-state index is 12.5. The summed E-state index contributed by atoms with van der Waals surface area (Å²) in [4.78, 5) is 17.2. The van der Waals surface area contributed by atoms with E-state index in [9.17, 15) is 4.79 Å². The number of aryl methyl sites for hydroxylation is 2. The van der Waals surface area contributed by atoms with Gasteiger partial charge >= 0.3 is 0 Å². The van der Waals surface area contributed by atoms with Gasteiger partial charge in [-0.15, -0.1) is 0 Å². The van der Waals surface area contributed by atoms with Crippen molar-refractivity contribution >= 4 is 16.9 Å². The molecule has 23 heavy (non-hydrogen) atoms. The second-order valence-electron chi connectivity index (χ2n) is 6.10. The highest BCUT2D eigenvalue weighted by Gasteiger charge is 2.25. The monoisotopic (exact) mass is 309 g/mol. The average Bonchev–Trinajstić information content (AvgIpc) is 3.21. The van der Waals surface area contributed by atoms with Crippen molar-refractivity contribution in [1.29, 1.82) is 0 Å². The van der Waals surface area contributed by atoms with Crippen molar-refractivity contribution in [3.63, 3.8) is 0 Å². The van der Waals surface area contributed by atoms with Crippen LogP contribution in [0.3, 0.4) is 0 Å². The van der Waals surface area contributed by atoms with Crippen LogP contribution in [0.15, 0.2) is 24.3 Å². The number of amides is 1. The molecule has 6 heteroatoms. The lowest BCUT2D eigenvalue weighted by atomic mass is 10.2. The lowest BCUT2D eigenvalue weighted by molar-refractivity contribution is 0.0932. The summed E-state index contributed by atoms with van der Waals surface area (Å²) in [6, 6.07) is 7.78. The first-order valence-corrected chi connectivity index (χ1v) is 7.93. The molecule has 0 unspecified atom stereocenters. The zero-order valence-corrected chi connectivity index (χ0v) is 13.3. The summed E-state index contributed by atoms with van der Waals surface area (Å²) >= 11 is 0. The Labute approximate surface area is 133 Å². The number of aromatic nitrogens is 4. The number of hydrogen-bond donors (Lipinski definition) is 2. The molecule has 3 aromatic rings. The van der Waals surface area contributed by atoms with Gasteiger partial charge in [-0.05, 0) is 38.3 Å². The number of aromatic amines is 1. The summed E-state index contributed by atoms with van der Waals surface area (Å²) in [6.07, 6.45) is 3.00. The maximum Gasteiger partial charge on any atom is 0.272 e. The molecule has 1 aliphatic rings. The molecular weight excluding hydrogens is 290 g/mol. The highest BCUT2D eigenvalue weighted by Crippen LogP contribution is 2.24. The van der Waals surface area contributed by atoms with Gasteiger partial charge in [0.15, 0.2) is 5.69 Å². The molecule has 1 aliphatic carbocycles. The van der Waals surface area contributed by atoms with Gasteiger partial charge in [0.1, 0.15) is 5.82 Å². The van der Waals surface area contributed by atoms with Gasteiger partial charge in [-0.25, -0.2) is 4.98 Å². The van der Waals surface area contributed by atoms with Crippen LogP contribution in [-0.2, 0) is 19.9 Å². The Hall–Kier alpha value is -2.63. The fourth-order valence-electron chi connectivity index (χ4n) is 3.39. The molecule has 6 nitrogen and oxygen atoms in total. The van der Waals surface area contributed by atoms with Crippen LogP contribution in [-0.4, -0.2) is 25.7 Å². The predicted octanol–water partition coefficient (Wildman–Crippen LogP) is 2.28. The van der Waals surface area contributed by atoms with Crippen molar-refractivity contribution in [2.24, 2.45) is 7.05 Å². The van der Waals surface area contributed by atoms with Crippen molar-refractivity contribution in [2.75, 3.05) is 0 Å². The van der Waals surface area contributed by atoms with Crippen molar-refractivity contribution < 1.29 is 4.79 Å². The summed E-state index contributed by atoms with van der Waals surface area (Å²) < 4.78 is 2.02. The third-order valence-electron chi connectivity index (χ3n) is 4.58. The van der Waals surface area contributed by atoms with Gasteiger partial charge < -0.3 is 9.88 Å². The summed E-state index contributed by atoms with van der Waals surface area (Å²) in [5.41, 5.74) is 4.70. The van der Waals surface area contributed by atoms with Gasteiger partial charge in [0.05, 0.1) is 17.1 Å². The fraction of sp³-hybridized carbons (Fsp3) is 0.353. The van der Waals surface area contributed by atoms with Crippen LogP contribution in [0.5, 0.6) is 0 Å². The van der Waals surface area contributed by atoms with Gasteiger partial charge in [-0.1, -0.05) is 12.1 Å². The van der Waals surface area contributed by atoms with Crippen molar-refractivity contribution in [2.45, 2.75) is 32.2 Å². The lowest BCUT2D eigenvalue weighted by Crippen LogP contribution is -2.29. The molecule has 1 amide bonds. The number of para-hydroxylation sites is 2. The van der Waals surface area contributed by atoms with Gasteiger partial charge in [0.2, 0.25) is 0 Å². The van der Waals surface area contributed by atoms with Crippen LogP contribution in [0.2, 0.25) is 0 Å². The first-order valence-electron chi connectivity index (χ1n) is 7.93.